The molecule has 0 saturated carbocycles. The highest BCUT2D eigenvalue weighted by molar-refractivity contribution is 5.20. The number of methoxy groups -OCH3 is 1. The minimum Gasteiger partial charge on any atom is -0.375 e. The summed E-state index contributed by atoms with van der Waals surface area (Å²) in [6.07, 6.45) is -1.68. The maximum atomic E-state index is 9.29. The number of nitrogens with zero attached hydrogens (tertiary/aromatic N) is 1. The number of ether oxygens (including phenoxy) is 1. The molecule has 0 saturated heterocycles. The number of nitriles is 1. The van der Waals surface area contributed by atoms with Crippen LogP contribution in [0.25, 0.3) is 0 Å². The fourth-order valence-electron chi connectivity index (χ4n) is 1.16. The highest BCUT2D eigenvalue weighted by Crippen LogP contribution is 2.19. The molecule has 13 heavy (non-hydrogen) atoms. The summed E-state index contributed by atoms with van der Waals surface area (Å²) in [4.78, 5) is 0. The lowest BCUT2D eigenvalue weighted by atomic mass is 10.1. The molecular weight excluding hydrogens is 166 g/mol. The van der Waals surface area contributed by atoms with E-state index in [0.29, 0.717) is 0 Å². The number of aliphatic hydroxyl groups excluding tert-OH is 1. The normalized spacial score (nSPS) is 14.5. The summed E-state index contributed by atoms with van der Waals surface area (Å²) in [5.41, 5.74) is 0.805. The second kappa shape index (κ2) is 4.61. The van der Waals surface area contributed by atoms with Crippen LogP contribution in [0.1, 0.15) is 11.7 Å². The molecule has 1 aromatic rings. The quantitative estimate of drug-likeness (QED) is 0.707. The Morgan fingerprint density at radius 3 is 2.46 bits per heavy atom. The van der Waals surface area contributed by atoms with E-state index in [0.717, 1.165) is 5.56 Å². The van der Waals surface area contributed by atoms with Gasteiger partial charge in [-0.3, -0.25) is 0 Å². The summed E-state index contributed by atoms with van der Waals surface area (Å²) >= 11 is 0. The lowest BCUT2D eigenvalue weighted by Crippen LogP contribution is -2.17. The molecule has 0 aliphatic heterocycles. The van der Waals surface area contributed by atoms with Crippen LogP contribution in [-0.2, 0) is 4.74 Å². The summed E-state index contributed by atoms with van der Waals surface area (Å²) in [5.74, 6) is 0. The van der Waals surface area contributed by atoms with Gasteiger partial charge in [0.1, 0.15) is 6.10 Å². The van der Waals surface area contributed by atoms with E-state index in [1.54, 1.807) is 6.07 Å². The number of rotatable bonds is 3. The Labute approximate surface area is 77.2 Å². The van der Waals surface area contributed by atoms with E-state index in [1.165, 1.54) is 7.11 Å². The Balaban J connectivity index is 2.86. The summed E-state index contributed by atoms with van der Waals surface area (Å²) in [6, 6.07) is 10.9. The van der Waals surface area contributed by atoms with Crippen LogP contribution in [0.5, 0.6) is 0 Å². The van der Waals surface area contributed by atoms with Gasteiger partial charge >= 0.3 is 0 Å². The number of aliphatic hydroxyl groups is 1. The third kappa shape index (κ3) is 2.28. The van der Waals surface area contributed by atoms with Gasteiger partial charge in [-0.05, 0) is 5.56 Å². The molecule has 0 bridgehead atoms. The lowest BCUT2D eigenvalue weighted by molar-refractivity contribution is 0.0145. The minimum atomic E-state index is -1.12. The number of hydrogen-bond donors (Lipinski definition) is 1. The van der Waals surface area contributed by atoms with E-state index < -0.39 is 12.2 Å². The highest BCUT2D eigenvalue weighted by atomic mass is 16.5. The maximum absolute atomic E-state index is 9.29. The fraction of sp³-hybridized carbons (Fsp3) is 0.300. The molecule has 3 heteroatoms. The van der Waals surface area contributed by atoms with Crippen molar-refractivity contribution < 1.29 is 9.84 Å². The first-order valence-electron chi connectivity index (χ1n) is 3.95. The lowest BCUT2D eigenvalue weighted by Gasteiger charge is -2.16. The number of hydrogen-bond acceptors (Lipinski definition) is 3. The fourth-order valence-corrected chi connectivity index (χ4v) is 1.16. The molecule has 0 heterocycles. The molecule has 1 N–H and O–H groups in total. The van der Waals surface area contributed by atoms with Gasteiger partial charge in [-0.15, -0.1) is 0 Å². The monoisotopic (exact) mass is 177 g/mol. The van der Waals surface area contributed by atoms with Gasteiger partial charge < -0.3 is 9.84 Å². The molecular formula is C10H11NO2. The molecule has 0 fully saturated rings. The number of benzene rings is 1. The van der Waals surface area contributed by atoms with E-state index in [-0.39, 0.29) is 0 Å². The second-order valence-electron chi connectivity index (χ2n) is 2.64. The molecule has 0 radical (unpaired) electrons. The molecule has 0 aliphatic carbocycles. The van der Waals surface area contributed by atoms with Crippen LogP contribution in [0, 0.1) is 11.3 Å². The van der Waals surface area contributed by atoms with Crippen LogP contribution in [0.4, 0.5) is 0 Å². The van der Waals surface area contributed by atoms with Crippen LogP contribution >= 0.6 is 0 Å². The van der Waals surface area contributed by atoms with Crippen molar-refractivity contribution in [3.8, 4) is 6.07 Å². The summed E-state index contributed by atoms with van der Waals surface area (Å²) < 4.78 is 5.02. The zero-order valence-electron chi connectivity index (χ0n) is 7.34. The summed E-state index contributed by atoms with van der Waals surface area (Å²) in [5, 5.41) is 17.8. The van der Waals surface area contributed by atoms with Crippen molar-refractivity contribution in [2.24, 2.45) is 0 Å². The van der Waals surface area contributed by atoms with E-state index in [2.05, 4.69) is 0 Å². The van der Waals surface area contributed by atoms with Crippen LogP contribution in [0.2, 0.25) is 0 Å². The van der Waals surface area contributed by atoms with Gasteiger partial charge in [0.2, 0.25) is 0 Å². The van der Waals surface area contributed by atoms with Crippen molar-refractivity contribution in [2.75, 3.05) is 7.11 Å². The van der Waals surface area contributed by atoms with E-state index in [9.17, 15) is 5.11 Å². The van der Waals surface area contributed by atoms with Gasteiger partial charge in [-0.2, -0.15) is 5.26 Å². The van der Waals surface area contributed by atoms with Gasteiger partial charge in [0.05, 0.1) is 6.07 Å². The second-order valence-corrected chi connectivity index (χ2v) is 2.64. The van der Waals surface area contributed by atoms with Gasteiger partial charge in [0, 0.05) is 7.11 Å². The first-order chi connectivity index (χ1) is 6.29. The Bertz CT molecular complexity index is 292. The Morgan fingerprint density at radius 1 is 1.38 bits per heavy atom. The van der Waals surface area contributed by atoms with Crippen LogP contribution in [-0.4, -0.2) is 18.3 Å². The van der Waals surface area contributed by atoms with Crippen molar-refractivity contribution in [1.29, 1.82) is 5.26 Å². The Morgan fingerprint density at radius 2 is 2.00 bits per heavy atom. The van der Waals surface area contributed by atoms with Gasteiger partial charge in [0.25, 0.3) is 0 Å². The SMILES string of the molecule is COC(c1ccccc1)C(O)C#N. The Kier molecular flexibility index (Phi) is 3.44. The molecule has 68 valence electrons. The van der Waals surface area contributed by atoms with Crippen LogP contribution in [0.3, 0.4) is 0 Å². The molecule has 0 amide bonds. The van der Waals surface area contributed by atoms with Crippen molar-refractivity contribution in [1.82, 2.24) is 0 Å². The molecule has 3 nitrogen and oxygen atoms in total. The van der Waals surface area contributed by atoms with E-state index in [1.807, 2.05) is 30.3 Å². The van der Waals surface area contributed by atoms with Crippen molar-refractivity contribution in [2.45, 2.75) is 12.2 Å². The summed E-state index contributed by atoms with van der Waals surface area (Å²) in [6.45, 7) is 0. The van der Waals surface area contributed by atoms with Crippen LogP contribution < -0.4 is 0 Å². The van der Waals surface area contributed by atoms with Crippen molar-refractivity contribution >= 4 is 0 Å². The summed E-state index contributed by atoms with van der Waals surface area (Å²) in [7, 11) is 1.47. The third-order valence-electron chi connectivity index (χ3n) is 1.80. The Hall–Kier alpha value is -1.37. The maximum Gasteiger partial charge on any atom is 0.170 e. The molecule has 0 aromatic heterocycles. The van der Waals surface area contributed by atoms with Crippen molar-refractivity contribution in [3.63, 3.8) is 0 Å². The van der Waals surface area contributed by atoms with Crippen LogP contribution in [0.15, 0.2) is 30.3 Å². The van der Waals surface area contributed by atoms with E-state index in [4.69, 9.17) is 10.00 Å². The van der Waals surface area contributed by atoms with Gasteiger partial charge in [-0.25, -0.2) is 0 Å². The topological polar surface area (TPSA) is 53.2 Å². The first-order valence-corrected chi connectivity index (χ1v) is 3.95. The predicted molar refractivity (Wildman–Crippen MR) is 47.8 cm³/mol. The average molecular weight is 177 g/mol. The predicted octanol–water partition coefficient (Wildman–Crippen LogP) is 1.26. The zero-order valence-corrected chi connectivity index (χ0v) is 7.34. The minimum absolute atomic E-state index is 0.564. The van der Waals surface area contributed by atoms with Gasteiger partial charge in [-0.1, -0.05) is 30.3 Å². The highest BCUT2D eigenvalue weighted by Gasteiger charge is 2.19. The molecule has 1 aromatic carbocycles. The molecule has 2 unspecified atom stereocenters. The van der Waals surface area contributed by atoms with Crippen molar-refractivity contribution in [3.05, 3.63) is 35.9 Å². The molecule has 0 aliphatic rings. The van der Waals surface area contributed by atoms with Gasteiger partial charge in [0.15, 0.2) is 6.10 Å². The third-order valence-corrected chi connectivity index (χ3v) is 1.80. The molecule has 1 rings (SSSR count). The zero-order chi connectivity index (χ0) is 9.68. The molecule has 0 spiro atoms. The smallest absolute Gasteiger partial charge is 0.170 e. The van der Waals surface area contributed by atoms with E-state index >= 15 is 0 Å². The largest absolute Gasteiger partial charge is 0.375 e. The standard InChI is InChI=1S/C10H11NO2/c1-13-10(9(12)7-11)8-5-3-2-4-6-8/h2-6,9-10,12H,1H3. The first kappa shape index (κ1) is 9.72. The average Bonchev–Trinajstić information content (AvgIpc) is 2.20. The molecule has 2 atom stereocenters.